The first kappa shape index (κ1) is 24.7. The van der Waals surface area contributed by atoms with Crippen molar-refractivity contribution in [1.29, 1.82) is 0 Å². The molecule has 0 radical (unpaired) electrons. The number of anilines is 2. The van der Waals surface area contributed by atoms with E-state index in [2.05, 4.69) is 15.2 Å². The van der Waals surface area contributed by atoms with Crippen LogP contribution in [-0.4, -0.2) is 59.9 Å². The van der Waals surface area contributed by atoms with Gasteiger partial charge in [0.15, 0.2) is 0 Å². The molecule has 1 aromatic heterocycles. The predicted octanol–water partition coefficient (Wildman–Crippen LogP) is 4.37. The first-order valence-electron chi connectivity index (χ1n) is 12.1. The number of hydrogen-bond donors (Lipinski definition) is 1. The molecule has 1 aliphatic rings. The molecule has 0 unspecified atom stereocenters. The lowest BCUT2D eigenvalue weighted by molar-refractivity contribution is -0.384. The summed E-state index contributed by atoms with van der Waals surface area (Å²) < 4.78 is 5.48. The van der Waals surface area contributed by atoms with Crippen LogP contribution < -0.4 is 15.0 Å². The lowest BCUT2D eigenvalue weighted by Gasteiger charge is -2.36. The number of pyridine rings is 1. The van der Waals surface area contributed by atoms with E-state index in [4.69, 9.17) is 4.74 Å². The fraction of sp³-hybridized carbons (Fsp3) is 0.179. The third kappa shape index (κ3) is 5.10. The molecule has 38 heavy (non-hydrogen) atoms. The minimum absolute atomic E-state index is 0.0686. The van der Waals surface area contributed by atoms with Gasteiger partial charge in [0.2, 0.25) is 0 Å². The van der Waals surface area contributed by atoms with Crippen LogP contribution in [0.15, 0.2) is 78.9 Å². The van der Waals surface area contributed by atoms with Crippen LogP contribution in [0.1, 0.15) is 20.8 Å². The molecule has 1 saturated heterocycles. The summed E-state index contributed by atoms with van der Waals surface area (Å²) in [7, 11) is 1.58. The van der Waals surface area contributed by atoms with Gasteiger partial charge in [0, 0.05) is 66.7 Å². The second-order valence-corrected chi connectivity index (χ2v) is 8.81. The number of nitrogens with zero attached hydrogens (tertiary/aromatic N) is 4. The molecule has 0 aliphatic carbocycles. The molecular weight excluding hydrogens is 486 g/mol. The molecule has 0 saturated carbocycles. The summed E-state index contributed by atoms with van der Waals surface area (Å²) in [5.41, 5.74) is 2.94. The minimum atomic E-state index is -0.506. The van der Waals surface area contributed by atoms with Crippen LogP contribution in [0.25, 0.3) is 10.9 Å². The zero-order valence-electron chi connectivity index (χ0n) is 20.7. The highest BCUT2D eigenvalue weighted by Gasteiger charge is 2.24. The first-order valence-corrected chi connectivity index (χ1v) is 12.1. The molecule has 1 aliphatic heterocycles. The maximum Gasteiger partial charge on any atom is 0.272 e. The largest absolute Gasteiger partial charge is 0.496 e. The van der Waals surface area contributed by atoms with Gasteiger partial charge < -0.3 is 19.9 Å². The van der Waals surface area contributed by atoms with Gasteiger partial charge in [-0.15, -0.1) is 0 Å². The third-order valence-electron chi connectivity index (χ3n) is 6.51. The molecule has 2 amide bonds. The van der Waals surface area contributed by atoms with Gasteiger partial charge in [0.1, 0.15) is 11.4 Å². The number of nitrogens with one attached hydrogen (secondary N) is 1. The number of benzene rings is 3. The smallest absolute Gasteiger partial charge is 0.272 e. The van der Waals surface area contributed by atoms with E-state index >= 15 is 0 Å². The van der Waals surface area contributed by atoms with Gasteiger partial charge in [-0.2, -0.15) is 0 Å². The highest BCUT2D eigenvalue weighted by molar-refractivity contribution is 6.04. The van der Waals surface area contributed by atoms with E-state index in [0.29, 0.717) is 48.9 Å². The summed E-state index contributed by atoms with van der Waals surface area (Å²) in [5, 5.41) is 14.5. The topological polar surface area (TPSA) is 118 Å². The van der Waals surface area contributed by atoms with E-state index in [1.807, 2.05) is 36.4 Å². The van der Waals surface area contributed by atoms with Gasteiger partial charge >= 0.3 is 0 Å². The van der Waals surface area contributed by atoms with E-state index in [1.165, 1.54) is 24.3 Å². The van der Waals surface area contributed by atoms with Crippen LogP contribution in [0.5, 0.6) is 5.75 Å². The van der Waals surface area contributed by atoms with E-state index in [1.54, 1.807) is 30.2 Å². The maximum atomic E-state index is 13.2. The number of ether oxygens (including phenoxy) is 1. The van der Waals surface area contributed by atoms with Crippen molar-refractivity contribution in [2.45, 2.75) is 0 Å². The highest BCUT2D eigenvalue weighted by atomic mass is 16.6. The second kappa shape index (κ2) is 10.6. The number of nitro groups is 1. The number of para-hydroxylation sites is 1. The molecule has 0 bridgehead atoms. The highest BCUT2D eigenvalue weighted by Crippen LogP contribution is 2.26. The number of piperazine rings is 1. The molecule has 1 fully saturated rings. The standard InChI is InChI=1S/C28H25N5O5/c1-38-26-18-25(30-24-5-3-2-4-23(24)26)28(35)32-16-14-31(15-17-32)21-12-8-20(9-13-21)29-27(34)19-6-10-22(11-7-19)33(36)37/h2-13,18H,14-17H2,1H3,(H,29,34). The van der Waals surface area contributed by atoms with Crippen LogP contribution in [-0.2, 0) is 0 Å². The number of nitro benzene ring substituents is 1. The van der Waals surface area contributed by atoms with E-state index in [-0.39, 0.29) is 17.5 Å². The van der Waals surface area contributed by atoms with E-state index < -0.39 is 4.92 Å². The third-order valence-corrected chi connectivity index (χ3v) is 6.51. The molecule has 0 spiro atoms. The quantitative estimate of drug-likeness (QED) is 0.302. The molecule has 0 atom stereocenters. The van der Waals surface area contributed by atoms with Crippen molar-refractivity contribution in [2.75, 3.05) is 43.5 Å². The number of hydrogen-bond acceptors (Lipinski definition) is 7. The number of amides is 2. The Balaban J connectivity index is 1.19. The Labute approximate surface area is 218 Å². The van der Waals surface area contributed by atoms with Crippen molar-refractivity contribution in [1.82, 2.24) is 9.88 Å². The summed E-state index contributed by atoms with van der Waals surface area (Å²) in [6, 6.07) is 22.2. The van der Waals surface area contributed by atoms with Crippen molar-refractivity contribution >= 4 is 39.8 Å². The number of aromatic nitrogens is 1. The summed E-state index contributed by atoms with van der Waals surface area (Å²) in [4.78, 5) is 44.5. The second-order valence-electron chi connectivity index (χ2n) is 8.81. The zero-order valence-corrected chi connectivity index (χ0v) is 20.7. The molecule has 3 aromatic carbocycles. The van der Waals surface area contributed by atoms with Gasteiger partial charge in [-0.1, -0.05) is 12.1 Å². The molecule has 10 heteroatoms. The fourth-order valence-electron chi connectivity index (χ4n) is 4.45. The Morgan fingerprint density at radius 2 is 1.63 bits per heavy atom. The Morgan fingerprint density at radius 1 is 0.947 bits per heavy atom. The summed E-state index contributed by atoms with van der Waals surface area (Å²) >= 11 is 0. The summed E-state index contributed by atoms with van der Waals surface area (Å²) in [5.74, 6) is 0.148. The van der Waals surface area contributed by atoms with Crippen molar-refractivity contribution in [2.24, 2.45) is 0 Å². The number of rotatable bonds is 6. The Morgan fingerprint density at radius 3 is 2.29 bits per heavy atom. The Kier molecular flexibility index (Phi) is 6.86. The molecular formula is C28H25N5O5. The van der Waals surface area contributed by atoms with Gasteiger partial charge in [0.05, 0.1) is 17.5 Å². The molecule has 1 N–H and O–H groups in total. The fourth-order valence-corrected chi connectivity index (χ4v) is 4.45. The summed E-state index contributed by atoms with van der Waals surface area (Å²) in [6.45, 7) is 2.42. The van der Waals surface area contributed by atoms with Gasteiger partial charge in [-0.3, -0.25) is 19.7 Å². The maximum absolute atomic E-state index is 13.2. The van der Waals surface area contributed by atoms with Crippen LogP contribution in [0.4, 0.5) is 17.1 Å². The molecule has 2 heterocycles. The van der Waals surface area contributed by atoms with Crippen molar-refractivity contribution < 1.29 is 19.2 Å². The SMILES string of the molecule is COc1cc(C(=O)N2CCN(c3ccc(NC(=O)c4ccc([N+](=O)[O-])cc4)cc3)CC2)nc2ccccc12. The van der Waals surface area contributed by atoms with E-state index in [9.17, 15) is 19.7 Å². The zero-order chi connectivity index (χ0) is 26.6. The van der Waals surface area contributed by atoms with Gasteiger partial charge in [-0.25, -0.2) is 4.98 Å². The average Bonchev–Trinajstić information content (AvgIpc) is 2.96. The van der Waals surface area contributed by atoms with Crippen molar-refractivity contribution in [3.8, 4) is 5.75 Å². The lowest BCUT2D eigenvalue weighted by Crippen LogP contribution is -2.49. The van der Waals surface area contributed by atoms with Crippen molar-refractivity contribution in [3.05, 3.63) is 100 Å². The van der Waals surface area contributed by atoms with E-state index in [0.717, 1.165) is 16.6 Å². The molecule has 5 rings (SSSR count). The predicted molar refractivity (Wildman–Crippen MR) is 144 cm³/mol. The van der Waals surface area contributed by atoms with Crippen LogP contribution in [0, 0.1) is 10.1 Å². The molecule has 10 nitrogen and oxygen atoms in total. The van der Waals surface area contributed by atoms with Gasteiger partial charge in [-0.05, 0) is 48.5 Å². The average molecular weight is 512 g/mol. The monoisotopic (exact) mass is 511 g/mol. The number of methoxy groups -OCH3 is 1. The van der Waals surface area contributed by atoms with Crippen LogP contribution in [0.2, 0.25) is 0 Å². The van der Waals surface area contributed by atoms with Gasteiger partial charge in [0.25, 0.3) is 17.5 Å². The van der Waals surface area contributed by atoms with Crippen LogP contribution in [0.3, 0.4) is 0 Å². The Hall–Kier alpha value is -4.99. The molecule has 4 aromatic rings. The summed E-state index contributed by atoms with van der Waals surface area (Å²) in [6.07, 6.45) is 0. The number of fused-ring (bicyclic) bond motifs is 1. The van der Waals surface area contributed by atoms with Crippen molar-refractivity contribution in [3.63, 3.8) is 0 Å². The van der Waals surface area contributed by atoms with Crippen LogP contribution >= 0.6 is 0 Å². The lowest BCUT2D eigenvalue weighted by atomic mass is 10.1. The first-order chi connectivity index (χ1) is 18.4. The molecule has 192 valence electrons. The minimum Gasteiger partial charge on any atom is -0.496 e. The number of non-ortho nitro benzene ring substituents is 1. The normalized spacial score (nSPS) is 13.3. The number of carbonyl (C=O) groups is 2. The number of carbonyl (C=O) groups excluding carboxylic acids is 2. The Bertz CT molecular complexity index is 1500.